The third kappa shape index (κ3) is 7.64. The number of nitrogens with one attached hydrogen (secondary N) is 1. The van der Waals surface area contributed by atoms with Crippen LogP contribution in [0.15, 0.2) is 91.0 Å². The lowest BCUT2D eigenvalue weighted by Crippen LogP contribution is -2.49. The summed E-state index contributed by atoms with van der Waals surface area (Å²) in [6.07, 6.45) is -11.6. The van der Waals surface area contributed by atoms with Gasteiger partial charge in [-0.15, -0.1) is 0 Å². The number of rotatable bonds is 9. The summed E-state index contributed by atoms with van der Waals surface area (Å²) in [4.78, 5) is 25.7. The summed E-state index contributed by atoms with van der Waals surface area (Å²) in [7, 11) is 1.06. The highest BCUT2D eigenvalue weighted by molar-refractivity contribution is 5.95. The van der Waals surface area contributed by atoms with Crippen LogP contribution in [0.2, 0.25) is 0 Å². The van der Waals surface area contributed by atoms with Crippen LogP contribution in [0.5, 0.6) is 5.75 Å². The number of amides is 1. The van der Waals surface area contributed by atoms with E-state index in [0.717, 1.165) is 49.6 Å². The minimum Gasteiger partial charge on any atom is -0.476 e. The first-order chi connectivity index (χ1) is 21.5. The quantitative estimate of drug-likeness (QED) is 0.148. The van der Waals surface area contributed by atoms with Gasteiger partial charge < -0.3 is 14.8 Å². The van der Waals surface area contributed by atoms with Crippen molar-refractivity contribution in [2.75, 3.05) is 7.11 Å². The molecule has 0 bridgehead atoms. The van der Waals surface area contributed by atoms with E-state index in [0.29, 0.717) is 17.7 Å². The Bertz CT molecular complexity index is 1720. The summed E-state index contributed by atoms with van der Waals surface area (Å²) in [5, 5.41) is 2.54. The third-order valence-electron chi connectivity index (χ3n) is 7.07. The molecule has 2 atom stereocenters. The summed E-state index contributed by atoms with van der Waals surface area (Å²) in [5.41, 5.74) is -5.53. The van der Waals surface area contributed by atoms with Gasteiger partial charge in [0.25, 0.3) is 5.91 Å². The van der Waals surface area contributed by atoms with Crippen molar-refractivity contribution in [2.24, 2.45) is 0 Å². The molecule has 0 aliphatic carbocycles. The average molecular weight is 652 g/mol. The number of halogens is 8. The molecule has 0 aliphatic rings. The van der Waals surface area contributed by atoms with Crippen molar-refractivity contribution < 1.29 is 54.2 Å². The molecule has 0 saturated heterocycles. The molecular formula is C33H25F8NO4. The van der Waals surface area contributed by atoms with E-state index in [9.17, 15) is 40.3 Å². The van der Waals surface area contributed by atoms with E-state index in [-0.39, 0.29) is 11.6 Å². The van der Waals surface area contributed by atoms with E-state index in [2.05, 4.69) is 10.1 Å². The fraction of sp³-hybridized carbons (Fsp3) is 0.212. The lowest BCUT2D eigenvalue weighted by atomic mass is 9.77. The largest absolute Gasteiger partial charge is 0.476 e. The summed E-state index contributed by atoms with van der Waals surface area (Å²) < 4.78 is 122. The normalized spacial score (nSPS) is 13.8. The topological polar surface area (TPSA) is 64.6 Å². The fourth-order valence-electron chi connectivity index (χ4n) is 4.83. The molecular weight excluding hydrogens is 626 g/mol. The van der Waals surface area contributed by atoms with Gasteiger partial charge in [-0.05, 0) is 72.1 Å². The highest BCUT2D eigenvalue weighted by Crippen LogP contribution is 2.40. The molecule has 4 aromatic rings. The molecule has 0 radical (unpaired) electrons. The Morgan fingerprint density at radius 3 is 2.02 bits per heavy atom. The number of ether oxygens (including phenoxy) is 2. The van der Waals surface area contributed by atoms with Crippen LogP contribution in [0, 0.1) is 11.6 Å². The smallest absolute Gasteiger partial charge is 0.416 e. The van der Waals surface area contributed by atoms with Crippen LogP contribution in [-0.2, 0) is 33.8 Å². The Hall–Kier alpha value is -4.94. The zero-order valence-electron chi connectivity index (χ0n) is 24.1. The van der Waals surface area contributed by atoms with Gasteiger partial charge in [0.1, 0.15) is 5.82 Å². The third-order valence-corrected chi connectivity index (χ3v) is 7.07. The molecule has 1 amide bonds. The Morgan fingerprint density at radius 2 is 1.39 bits per heavy atom. The fourth-order valence-corrected chi connectivity index (χ4v) is 4.83. The number of hydrogen-bond acceptors (Lipinski definition) is 4. The van der Waals surface area contributed by atoms with Crippen LogP contribution in [0.4, 0.5) is 35.1 Å². The molecule has 0 spiro atoms. The molecule has 46 heavy (non-hydrogen) atoms. The summed E-state index contributed by atoms with van der Waals surface area (Å²) >= 11 is 0. The van der Waals surface area contributed by atoms with Gasteiger partial charge in [-0.25, -0.2) is 13.6 Å². The van der Waals surface area contributed by atoms with E-state index in [4.69, 9.17) is 4.74 Å². The predicted octanol–water partition coefficient (Wildman–Crippen LogP) is 7.86. The van der Waals surface area contributed by atoms with Gasteiger partial charge in [-0.1, -0.05) is 42.5 Å². The lowest BCUT2D eigenvalue weighted by molar-refractivity contribution is -0.148. The van der Waals surface area contributed by atoms with Gasteiger partial charge in [0.15, 0.2) is 17.7 Å². The van der Waals surface area contributed by atoms with Crippen molar-refractivity contribution in [1.82, 2.24) is 5.32 Å². The van der Waals surface area contributed by atoms with Crippen LogP contribution >= 0.6 is 0 Å². The first kappa shape index (κ1) is 33.9. The van der Waals surface area contributed by atoms with E-state index >= 15 is 4.39 Å². The molecule has 242 valence electrons. The van der Waals surface area contributed by atoms with Crippen molar-refractivity contribution in [3.63, 3.8) is 0 Å². The van der Waals surface area contributed by atoms with Gasteiger partial charge in [0.2, 0.25) is 0 Å². The molecule has 5 nitrogen and oxygen atoms in total. The number of carbonyl (C=O) groups is 2. The Labute approximate surface area is 257 Å². The van der Waals surface area contributed by atoms with Crippen LogP contribution in [0.25, 0.3) is 0 Å². The Balaban J connectivity index is 2.02. The first-order valence-electron chi connectivity index (χ1n) is 13.5. The predicted molar refractivity (Wildman–Crippen MR) is 150 cm³/mol. The standard InChI is InChI=1S/C33H25F8NO4/c1-19(30(44)45-2)46-28-17-22(11-12-27(28)35)31(18-20-7-4-3-5-8-20,24-14-25(33(39,40)41)16-26(34)15-24)42-29(43)21-9-6-10-23(13-21)32(36,37)38/h3-17,19H,18H2,1-2H3,(H,42,43)/t19?,31-/m1/s1. The SMILES string of the molecule is COC(=O)C(C)Oc1cc([C@@](Cc2ccccc2)(NC(=O)c2cccc(C(F)(F)F)c2)c2cc(F)cc(C(F)(F)F)c2)ccc1F. The van der Waals surface area contributed by atoms with Crippen LogP contribution in [-0.4, -0.2) is 25.1 Å². The van der Waals surface area contributed by atoms with E-state index in [1.165, 1.54) is 6.92 Å². The number of methoxy groups -OCH3 is 1. The highest BCUT2D eigenvalue weighted by atomic mass is 19.4. The maximum atomic E-state index is 15.0. The molecule has 0 heterocycles. The van der Waals surface area contributed by atoms with E-state index < -0.39 is 81.9 Å². The van der Waals surface area contributed by atoms with E-state index in [1.54, 1.807) is 30.3 Å². The lowest BCUT2D eigenvalue weighted by Gasteiger charge is -2.37. The van der Waals surface area contributed by atoms with Crippen molar-refractivity contribution in [3.8, 4) is 5.75 Å². The second-order valence-electron chi connectivity index (χ2n) is 10.3. The van der Waals surface area contributed by atoms with E-state index in [1.807, 2.05) is 0 Å². The Morgan fingerprint density at radius 1 is 0.739 bits per heavy atom. The van der Waals surface area contributed by atoms with Gasteiger partial charge in [-0.3, -0.25) is 4.79 Å². The second kappa shape index (κ2) is 13.2. The van der Waals surface area contributed by atoms with Crippen LogP contribution in [0.3, 0.4) is 0 Å². The summed E-state index contributed by atoms with van der Waals surface area (Å²) in [6.45, 7) is 1.24. The maximum Gasteiger partial charge on any atom is 0.416 e. The highest BCUT2D eigenvalue weighted by Gasteiger charge is 2.41. The van der Waals surface area contributed by atoms with Gasteiger partial charge in [0.05, 0.1) is 23.8 Å². The zero-order valence-corrected chi connectivity index (χ0v) is 24.1. The number of carbonyl (C=O) groups excluding carboxylic acids is 2. The Kier molecular flexibility index (Phi) is 9.74. The summed E-state index contributed by atoms with van der Waals surface area (Å²) in [6, 6.07) is 15.7. The minimum atomic E-state index is -5.05. The van der Waals surface area contributed by atoms with Crippen molar-refractivity contribution in [2.45, 2.75) is 37.3 Å². The zero-order chi connectivity index (χ0) is 33.9. The van der Waals surface area contributed by atoms with Crippen molar-refractivity contribution in [1.29, 1.82) is 0 Å². The number of esters is 1. The number of benzene rings is 4. The maximum absolute atomic E-state index is 15.0. The molecule has 1 N–H and O–H groups in total. The molecule has 0 saturated carbocycles. The van der Waals surface area contributed by atoms with Gasteiger partial charge in [-0.2, -0.15) is 26.3 Å². The van der Waals surface area contributed by atoms with Crippen molar-refractivity contribution in [3.05, 3.63) is 136 Å². The molecule has 0 aliphatic heterocycles. The minimum absolute atomic E-state index is 0.149. The van der Waals surface area contributed by atoms with Crippen molar-refractivity contribution >= 4 is 11.9 Å². The molecule has 0 fully saturated rings. The van der Waals surface area contributed by atoms with Crippen LogP contribution in [0.1, 0.15) is 45.1 Å². The monoisotopic (exact) mass is 651 g/mol. The summed E-state index contributed by atoms with van der Waals surface area (Å²) in [5.74, 6) is -4.98. The molecule has 1 unspecified atom stereocenters. The number of alkyl halides is 6. The molecule has 4 aromatic carbocycles. The molecule has 4 rings (SSSR count). The molecule has 0 aromatic heterocycles. The number of hydrogen-bond donors (Lipinski definition) is 1. The average Bonchev–Trinajstić information content (AvgIpc) is 3.00. The van der Waals surface area contributed by atoms with Crippen LogP contribution < -0.4 is 10.1 Å². The first-order valence-corrected chi connectivity index (χ1v) is 13.5. The molecule has 13 heteroatoms. The van der Waals surface area contributed by atoms with Gasteiger partial charge >= 0.3 is 18.3 Å². The second-order valence-corrected chi connectivity index (χ2v) is 10.3. The van der Waals surface area contributed by atoms with Gasteiger partial charge in [0, 0.05) is 12.0 Å².